The molecule has 7 nitrogen and oxygen atoms in total. The molecule has 7 heteroatoms. The first-order valence-electron chi connectivity index (χ1n) is 9.37. The summed E-state index contributed by atoms with van der Waals surface area (Å²) in [6.07, 6.45) is 2.98. The van der Waals surface area contributed by atoms with Gasteiger partial charge in [-0.3, -0.25) is 4.79 Å². The van der Waals surface area contributed by atoms with Crippen LogP contribution in [0.3, 0.4) is 0 Å². The molecule has 1 fully saturated rings. The van der Waals surface area contributed by atoms with Crippen LogP contribution in [0.2, 0.25) is 0 Å². The van der Waals surface area contributed by atoms with Gasteiger partial charge in [-0.1, -0.05) is 56.1 Å². The summed E-state index contributed by atoms with van der Waals surface area (Å²) in [6, 6.07) is 7.16. The van der Waals surface area contributed by atoms with Crippen LogP contribution in [-0.2, 0) is 16.0 Å². The van der Waals surface area contributed by atoms with Gasteiger partial charge in [0.15, 0.2) is 0 Å². The third-order valence-electron chi connectivity index (χ3n) is 4.77. The van der Waals surface area contributed by atoms with Crippen LogP contribution in [0.4, 0.5) is 0 Å². The molecule has 1 saturated carbocycles. The zero-order chi connectivity index (χ0) is 19.4. The molecule has 0 radical (unpaired) electrons. The second kappa shape index (κ2) is 8.33. The number of aryl methyl sites for hydroxylation is 1. The predicted octanol–water partition coefficient (Wildman–Crippen LogP) is 3.16. The second-order valence-corrected chi connectivity index (χ2v) is 7.43. The second-order valence-electron chi connectivity index (χ2n) is 7.43. The van der Waals surface area contributed by atoms with Crippen molar-refractivity contribution in [1.82, 2.24) is 15.5 Å². The number of hydrogen-bond acceptors (Lipinski definition) is 5. The van der Waals surface area contributed by atoms with Crippen molar-refractivity contribution in [3.05, 3.63) is 35.7 Å². The summed E-state index contributed by atoms with van der Waals surface area (Å²) in [5.41, 5.74) is 2.09. The van der Waals surface area contributed by atoms with Gasteiger partial charge in [-0.2, -0.15) is 4.98 Å². The number of aliphatic carboxylic acids is 1. The van der Waals surface area contributed by atoms with Crippen molar-refractivity contribution in [1.29, 1.82) is 0 Å². The highest BCUT2D eigenvalue weighted by molar-refractivity contribution is 5.83. The largest absolute Gasteiger partial charge is 0.480 e. The van der Waals surface area contributed by atoms with E-state index < -0.39 is 12.0 Å². The number of carboxylic acids is 1. The number of nitrogens with one attached hydrogen (secondary N) is 1. The summed E-state index contributed by atoms with van der Waals surface area (Å²) < 4.78 is 5.22. The fourth-order valence-electron chi connectivity index (χ4n) is 2.89. The Bertz CT molecular complexity index is 794. The standard InChI is InChI=1S/C20H25N3O4/c1-12(2)14-5-7-15(8-6-14)19-22-18(27-23-19)10-9-17(24)21-16(20(25)26)11-13-3-4-13/h5-8,12-13,16H,3-4,9-11H2,1-2H3,(H,21,24)(H,25,26). The minimum Gasteiger partial charge on any atom is -0.480 e. The molecule has 1 atom stereocenters. The van der Waals surface area contributed by atoms with Gasteiger partial charge in [0.1, 0.15) is 6.04 Å². The first-order valence-corrected chi connectivity index (χ1v) is 9.37. The molecular formula is C20H25N3O4. The summed E-state index contributed by atoms with van der Waals surface area (Å²) in [7, 11) is 0. The van der Waals surface area contributed by atoms with E-state index in [1.54, 1.807) is 0 Å². The number of aromatic nitrogens is 2. The van der Waals surface area contributed by atoms with E-state index in [0.717, 1.165) is 18.4 Å². The zero-order valence-corrected chi connectivity index (χ0v) is 15.6. The van der Waals surface area contributed by atoms with Crippen LogP contribution in [0.5, 0.6) is 0 Å². The van der Waals surface area contributed by atoms with E-state index in [0.29, 0.717) is 30.0 Å². The first kappa shape index (κ1) is 19.1. The number of amides is 1. The Labute approximate surface area is 158 Å². The van der Waals surface area contributed by atoms with Crippen LogP contribution in [0.25, 0.3) is 11.4 Å². The fraction of sp³-hybridized carbons (Fsp3) is 0.500. The minimum atomic E-state index is -0.986. The molecular weight excluding hydrogens is 346 g/mol. The van der Waals surface area contributed by atoms with Crippen molar-refractivity contribution in [3.8, 4) is 11.4 Å². The van der Waals surface area contributed by atoms with Crippen molar-refractivity contribution in [2.45, 2.75) is 57.9 Å². The van der Waals surface area contributed by atoms with Crippen molar-refractivity contribution in [3.63, 3.8) is 0 Å². The molecule has 0 saturated heterocycles. The Hall–Kier alpha value is -2.70. The Kier molecular flexibility index (Phi) is 5.88. The van der Waals surface area contributed by atoms with Gasteiger partial charge in [0.25, 0.3) is 0 Å². The van der Waals surface area contributed by atoms with Crippen molar-refractivity contribution in [2.75, 3.05) is 0 Å². The molecule has 1 heterocycles. The van der Waals surface area contributed by atoms with Gasteiger partial charge in [0.05, 0.1) is 0 Å². The van der Waals surface area contributed by atoms with Crippen LogP contribution in [0, 0.1) is 5.92 Å². The maximum absolute atomic E-state index is 12.0. The molecule has 144 valence electrons. The number of carboxylic acid groups (broad SMARTS) is 1. The van der Waals surface area contributed by atoms with E-state index in [9.17, 15) is 14.7 Å². The van der Waals surface area contributed by atoms with Crippen LogP contribution in [-0.4, -0.2) is 33.2 Å². The number of rotatable bonds is 9. The summed E-state index contributed by atoms with van der Waals surface area (Å²) in [6.45, 7) is 4.26. The fourth-order valence-corrected chi connectivity index (χ4v) is 2.89. The highest BCUT2D eigenvalue weighted by atomic mass is 16.5. The van der Waals surface area contributed by atoms with Gasteiger partial charge < -0.3 is 14.9 Å². The topological polar surface area (TPSA) is 105 Å². The Morgan fingerprint density at radius 3 is 2.56 bits per heavy atom. The van der Waals surface area contributed by atoms with E-state index in [1.165, 1.54) is 5.56 Å². The van der Waals surface area contributed by atoms with E-state index in [-0.39, 0.29) is 18.7 Å². The maximum atomic E-state index is 12.0. The molecule has 0 aliphatic heterocycles. The van der Waals surface area contributed by atoms with Gasteiger partial charge in [-0.25, -0.2) is 4.79 Å². The molecule has 3 rings (SSSR count). The van der Waals surface area contributed by atoms with Crippen LogP contribution in [0.1, 0.15) is 56.9 Å². The summed E-state index contributed by atoms with van der Waals surface area (Å²) in [5, 5.41) is 15.8. The monoisotopic (exact) mass is 371 g/mol. The van der Waals surface area contributed by atoms with Crippen LogP contribution < -0.4 is 5.32 Å². The van der Waals surface area contributed by atoms with E-state index in [4.69, 9.17) is 4.52 Å². The summed E-state index contributed by atoms with van der Waals surface area (Å²) in [5.74, 6) is 0.421. The number of benzene rings is 1. The highest BCUT2D eigenvalue weighted by Crippen LogP contribution is 2.33. The van der Waals surface area contributed by atoms with E-state index in [1.807, 2.05) is 24.3 Å². The first-order chi connectivity index (χ1) is 12.9. The quantitative estimate of drug-likeness (QED) is 0.701. The van der Waals surface area contributed by atoms with Crippen molar-refractivity contribution >= 4 is 11.9 Å². The zero-order valence-electron chi connectivity index (χ0n) is 15.6. The number of carbonyl (C=O) groups excluding carboxylic acids is 1. The molecule has 1 unspecified atom stereocenters. The molecule has 1 aromatic carbocycles. The van der Waals surface area contributed by atoms with E-state index >= 15 is 0 Å². The highest BCUT2D eigenvalue weighted by Gasteiger charge is 2.30. The van der Waals surface area contributed by atoms with Gasteiger partial charge in [0.2, 0.25) is 17.6 Å². The molecule has 2 N–H and O–H groups in total. The molecule has 0 spiro atoms. The van der Waals surface area contributed by atoms with Crippen molar-refractivity contribution in [2.24, 2.45) is 5.92 Å². The Morgan fingerprint density at radius 1 is 1.26 bits per heavy atom. The number of carbonyl (C=O) groups is 2. The molecule has 1 aliphatic carbocycles. The third-order valence-corrected chi connectivity index (χ3v) is 4.77. The molecule has 1 aromatic heterocycles. The lowest BCUT2D eigenvalue weighted by atomic mass is 10.0. The smallest absolute Gasteiger partial charge is 0.326 e. The number of hydrogen-bond donors (Lipinski definition) is 2. The van der Waals surface area contributed by atoms with Crippen LogP contribution >= 0.6 is 0 Å². The molecule has 0 bridgehead atoms. The lowest BCUT2D eigenvalue weighted by Crippen LogP contribution is -2.41. The SMILES string of the molecule is CC(C)c1ccc(-c2noc(CCC(=O)NC(CC3CC3)C(=O)O)n2)cc1. The predicted molar refractivity (Wildman–Crippen MR) is 99.1 cm³/mol. The third kappa shape index (κ3) is 5.39. The van der Waals surface area contributed by atoms with Gasteiger partial charge in [0, 0.05) is 18.4 Å². The van der Waals surface area contributed by atoms with Gasteiger partial charge in [-0.15, -0.1) is 0 Å². The van der Waals surface area contributed by atoms with Crippen LogP contribution in [0.15, 0.2) is 28.8 Å². The maximum Gasteiger partial charge on any atom is 0.326 e. The average Bonchev–Trinajstić information content (AvgIpc) is 3.33. The van der Waals surface area contributed by atoms with Gasteiger partial charge in [-0.05, 0) is 23.8 Å². The van der Waals surface area contributed by atoms with Gasteiger partial charge >= 0.3 is 5.97 Å². The van der Waals surface area contributed by atoms with E-state index in [2.05, 4.69) is 29.3 Å². The lowest BCUT2D eigenvalue weighted by molar-refractivity contribution is -0.142. The van der Waals surface area contributed by atoms with Crippen molar-refractivity contribution < 1.29 is 19.2 Å². The Balaban J connectivity index is 1.52. The molecule has 27 heavy (non-hydrogen) atoms. The Morgan fingerprint density at radius 2 is 1.96 bits per heavy atom. The molecule has 1 amide bonds. The normalized spacial score (nSPS) is 14.9. The lowest BCUT2D eigenvalue weighted by Gasteiger charge is -2.13. The summed E-state index contributed by atoms with van der Waals surface area (Å²) >= 11 is 0. The number of nitrogens with zero attached hydrogens (tertiary/aromatic N) is 2. The average molecular weight is 371 g/mol. The summed E-state index contributed by atoms with van der Waals surface area (Å²) in [4.78, 5) is 27.6. The molecule has 1 aliphatic rings. The minimum absolute atomic E-state index is 0.113. The molecule has 2 aromatic rings.